The Labute approximate surface area is 150 Å². The molecule has 0 aromatic carbocycles. The number of hydrogen-bond acceptors (Lipinski definition) is 5. The van der Waals surface area contributed by atoms with Crippen LogP contribution in [-0.4, -0.2) is 45.3 Å². The number of nitrogens with zero attached hydrogens (tertiary/aromatic N) is 4. The summed E-state index contributed by atoms with van der Waals surface area (Å²) >= 11 is 0. The predicted molar refractivity (Wildman–Crippen MR) is 97.1 cm³/mol. The molecular weight excluding hydrogens is 331 g/mol. The van der Waals surface area contributed by atoms with Crippen LogP contribution in [-0.2, 0) is 11.2 Å². The zero-order chi connectivity index (χ0) is 17.9. The molecule has 5 nitrogen and oxygen atoms in total. The fraction of sp³-hybridized carbons (Fsp3) is 0.300. The lowest BCUT2D eigenvalue weighted by atomic mass is 10.1. The minimum Gasteiger partial charge on any atom is -0.298 e. The molecule has 132 valence electrons. The Kier molecular flexibility index (Phi) is 4.67. The maximum atomic E-state index is 13.4. The van der Waals surface area contributed by atoms with Gasteiger partial charge in [-0.3, -0.25) is 19.7 Å². The van der Waals surface area contributed by atoms with E-state index in [2.05, 4.69) is 19.9 Å². The predicted octanol–water partition coefficient (Wildman–Crippen LogP) is 3.04. The van der Waals surface area contributed by atoms with Crippen LogP contribution in [0.2, 0.25) is 0 Å². The lowest BCUT2D eigenvalue weighted by molar-refractivity contribution is -0.119. The van der Waals surface area contributed by atoms with Gasteiger partial charge in [-0.05, 0) is 50.2 Å². The molecule has 0 atom stereocenters. The number of carbonyl (C=O) groups is 1. The number of pyridine rings is 3. The molecule has 0 radical (unpaired) electrons. The Bertz CT molecular complexity index is 953. The second-order valence-corrected chi connectivity index (χ2v) is 6.66. The molecule has 26 heavy (non-hydrogen) atoms. The summed E-state index contributed by atoms with van der Waals surface area (Å²) in [7, 11) is 0. The van der Waals surface area contributed by atoms with Gasteiger partial charge in [0.1, 0.15) is 5.82 Å². The second kappa shape index (κ2) is 7.25. The molecule has 1 saturated heterocycles. The molecule has 3 aromatic heterocycles. The number of carbonyl (C=O) groups excluding carboxylic acids is 1. The lowest BCUT2D eigenvalue weighted by Crippen LogP contribution is -2.27. The van der Waals surface area contributed by atoms with Crippen molar-refractivity contribution < 1.29 is 9.18 Å². The third kappa shape index (κ3) is 3.75. The van der Waals surface area contributed by atoms with Crippen molar-refractivity contribution in [1.29, 1.82) is 0 Å². The Morgan fingerprint density at radius 1 is 1.12 bits per heavy atom. The first-order valence-electron chi connectivity index (χ1n) is 8.78. The second-order valence-electron chi connectivity index (χ2n) is 6.66. The fourth-order valence-corrected chi connectivity index (χ4v) is 3.32. The first-order valence-corrected chi connectivity index (χ1v) is 8.78. The maximum absolute atomic E-state index is 13.4. The molecule has 0 amide bonds. The first kappa shape index (κ1) is 16.7. The van der Waals surface area contributed by atoms with Crippen LogP contribution in [0, 0.1) is 5.82 Å². The van der Waals surface area contributed by atoms with Crippen molar-refractivity contribution >= 4 is 16.7 Å². The van der Waals surface area contributed by atoms with E-state index < -0.39 is 5.82 Å². The Balaban J connectivity index is 1.56. The summed E-state index contributed by atoms with van der Waals surface area (Å²) in [5.74, 6) is -0.225. The first-order chi connectivity index (χ1) is 12.7. The summed E-state index contributed by atoms with van der Waals surface area (Å²) in [6.07, 6.45) is 7.12. The highest BCUT2D eigenvalue weighted by molar-refractivity contribution is 5.85. The number of hydrogen-bond donors (Lipinski definition) is 0. The van der Waals surface area contributed by atoms with E-state index in [-0.39, 0.29) is 5.78 Å². The van der Waals surface area contributed by atoms with Crippen LogP contribution in [0.15, 0.2) is 42.9 Å². The van der Waals surface area contributed by atoms with Gasteiger partial charge in [-0.2, -0.15) is 0 Å². The molecule has 0 bridgehead atoms. The van der Waals surface area contributed by atoms with E-state index in [1.165, 1.54) is 25.1 Å². The number of halogens is 1. The zero-order valence-electron chi connectivity index (χ0n) is 14.4. The van der Waals surface area contributed by atoms with Gasteiger partial charge in [0.05, 0.1) is 30.4 Å². The number of aromatic nitrogens is 3. The number of ketones is 1. The van der Waals surface area contributed by atoms with Crippen LogP contribution < -0.4 is 0 Å². The largest absolute Gasteiger partial charge is 0.298 e. The van der Waals surface area contributed by atoms with Gasteiger partial charge in [0.15, 0.2) is 5.78 Å². The van der Waals surface area contributed by atoms with Gasteiger partial charge < -0.3 is 0 Å². The van der Waals surface area contributed by atoms with Crippen molar-refractivity contribution in [2.24, 2.45) is 0 Å². The Morgan fingerprint density at radius 3 is 2.77 bits per heavy atom. The van der Waals surface area contributed by atoms with Crippen LogP contribution in [0.3, 0.4) is 0 Å². The zero-order valence-corrected chi connectivity index (χ0v) is 14.4. The average Bonchev–Trinajstić information content (AvgIpc) is 3.14. The molecule has 4 heterocycles. The quantitative estimate of drug-likeness (QED) is 0.708. The molecule has 1 fully saturated rings. The van der Waals surface area contributed by atoms with E-state index in [4.69, 9.17) is 0 Å². The molecule has 0 saturated carbocycles. The summed E-state index contributed by atoms with van der Waals surface area (Å²) in [5, 5.41) is 0.883. The smallest absolute Gasteiger partial charge is 0.152 e. The molecule has 1 aliphatic rings. The van der Waals surface area contributed by atoms with E-state index in [0.29, 0.717) is 29.9 Å². The number of Topliss-reactive ketones (excluding diaryl/α,β-unsaturated/α-hetero) is 1. The molecule has 0 unspecified atom stereocenters. The van der Waals surface area contributed by atoms with Crippen LogP contribution in [0.5, 0.6) is 0 Å². The lowest BCUT2D eigenvalue weighted by Gasteiger charge is -2.13. The van der Waals surface area contributed by atoms with Gasteiger partial charge in [0.25, 0.3) is 0 Å². The SMILES string of the molecule is O=C(Cc1cc2nc(-c3cncc(F)c3)ccc2cn1)CN1CCCC1. The minimum absolute atomic E-state index is 0.171. The molecule has 0 N–H and O–H groups in total. The van der Waals surface area contributed by atoms with Crippen LogP contribution in [0.4, 0.5) is 4.39 Å². The normalized spacial score (nSPS) is 14.8. The fourth-order valence-electron chi connectivity index (χ4n) is 3.32. The molecular formula is C20H19FN4O. The summed E-state index contributed by atoms with van der Waals surface area (Å²) in [5.41, 5.74) is 2.72. The molecule has 6 heteroatoms. The van der Waals surface area contributed by atoms with Gasteiger partial charge in [0, 0.05) is 29.0 Å². The van der Waals surface area contributed by atoms with E-state index in [1.807, 2.05) is 18.2 Å². The molecule has 1 aliphatic heterocycles. The summed E-state index contributed by atoms with van der Waals surface area (Å²) in [4.78, 5) is 27.3. The van der Waals surface area contributed by atoms with E-state index in [0.717, 1.165) is 24.0 Å². The van der Waals surface area contributed by atoms with Crippen molar-refractivity contribution in [3.8, 4) is 11.3 Å². The van der Waals surface area contributed by atoms with E-state index >= 15 is 0 Å². The Hall–Kier alpha value is -2.73. The van der Waals surface area contributed by atoms with Gasteiger partial charge in [-0.1, -0.05) is 0 Å². The van der Waals surface area contributed by atoms with Gasteiger partial charge in [-0.25, -0.2) is 9.37 Å². The molecule has 3 aromatic rings. The number of fused-ring (bicyclic) bond motifs is 1. The van der Waals surface area contributed by atoms with Crippen LogP contribution in [0.1, 0.15) is 18.5 Å². The van der Waals surface area contributed by atoms with Crippen molar-refractivity contribution in [2.45, 2.75) is 19.3 Å². The third-order valence-corrected chi connectivity index (χ3v) is 4.61. The van der Waals surface area contributed by atoms with Crippen molar-refractivity contribution in [1.82, 2.24) is 19.9 Å². The highest BCUT2D eigenvalue weighted by Crippen LogP contribution is 2.21. The third-order valence-electron chi connectivity index (χ3n) is 4.61. The molecule has 0 spiro atoms. The molecule has 0 aliphatic carbocycles. The van der Waals surface area contributed by atoms with Crippen molar-refractivity contribution in [3.63, 3.8) is 0 Å². The van der Waals surface area contributed by atoms with Crippen molar-refractivity contribution in [2.75, 3.05) is 19.6 Å². The summed E-state index contributed by atoms with van der Waals surface area (Å²) < 4.78 is 13.4. The average molecular weight is 350 g/mol. The summed E-state index contributed by atoms with van der Waals surface area (Å²) in [6.45, 7) is 2.50. The highest BCUT2D eigenvalue weighted by atomic mass is 19.1. The number of rotatable bonds is 5. The van der Waals surface area contributed by atoms with E-state index in [9.17, 15) is 9.18 Å². The topological polar surface area (TPSA) is 59.0 Å². The van der Waals surface area contributed by atoms with Gasteiger partial charge in [0.2, 0.25) is 0 Å². The van der Waals surface area contributed by atoms with Crippen LogP contribution in [0.25, 0.3) is 22.2 Å². The van der Waals surface area contributed by atoms with Crippen molar-refractivity contribution in [3.05, 3.63) is 54.4 Å². The van der Waals surface area contributed by atoms with Crippen LogP contribution >= 0.6 is 0 Å². The van der Waals surface area contributed by atoms with Gasteiger partial charge >= 0.3 is 0 Å². The standard InChI is InChI=1S/C20H19FN4O/c21-16-7-15(10-22-12-16)19-4-3-14-11-23-17(9-20(14)24-19)8-18(26)13-25-5-1-2-6-25/h3-4,7,9-12H,1-2,5-6,8,13H2. The monoisotopic (exact) mass is 350 g/mol. The minimum atomic E-state index is -0.396. The van der Waals surface area contributed by atoms with E-state index in [1.54, 1.807) is 12.4 Å². The van der Waals surface area contributed by atoms with Gasteiger partial charge in [-0.15, -0.1) is 0 Å². The molecule has 4 rings (SSSR count). The highest BCUT2D eigenvalue weighted by Gasteiger charge is 2.16. The Morgan fingerprint density at radius 2 is 1.96 bits per heavy atom. The number of likely N-dealkylation sites (tertiary alicyclic amines) is 1. The maximum Gasteiger partial charge on any atom is 0.152 e. The summed E-state index contributed by atoms with van der Waals surface area (Å²) in [6, 6.07) is 6.96.